The first-order valence-corrected chi connectivity index (χ1v) is 10.7. The Morgan fingerprint density at radius 1 is 0.758 bits per heavy atom. The first-order chi connectivity index (χ1) is 16.3. The number of halogens is 1. The molecule has 0 saturated heterocycles. The Morgan fingerprint density at radius 2 is 1.42 bits per heavy atom. The van der Waals surface area contributed by atoms with Crippen molar-refractivity contribution in [3.63, 3.8) is 0 Å². The van der Waals surface area contributed by atoms with E-state index in [4.69, 9.17) is 4.99 Å². The molecular formula is C28H21FN4. The highest BCUT2D eigenvalue weighted by atomic mass is 19.1. The lowest BCUT2D eigenvalue weighted by molar-refractivity contribution is 0.624. The van der Waals surface area contributed by atoms with Crippen LogP contribution in [0.4, 0.5) is 10.2 Å². The second-order valence-corrected chi connectivity index (χ2v) is 7.60. The van der Waals surface area contributed by atoms with Crippen molar-refractivity contribution in [3.8, 4) is 11.3 Å². The molecule has 0 radical (unpaired) electrons. The number of aliphatic imine (C=N–C) groups is 1. The van der Waals surface area contributed by atoms with Crippen LogP contribution in [0.1, 0.15) is 16.7 Å². The van der Waals surface area contributed by atoms with Gasteiger partial charge in [0.15, 0.2) is 5.82 Å². The fourth-order valence-corrected chi connectivity index (χ4v) is 3.71. The number of benzene rings is 3. The van der Waals surface area contributed by atoms with Crippen molar-refractivity contribution < 1.29 is 4.39 Å². The molecule has 0 spiro atoms. The molecule has 0 aliphatic rings. The summed E-state index contributed by atoms with van der Waals surface area (Å²) < 4.78 is 15.2. The van der Waals surface area contributed by atoms with Gasteiger partial charge in [0.1, 0.15) is 5.82 Å². The molecule has 0 unspecified atom stereocenters. The number of pyridine rings is 1. The second kappa shape index (κ2) is 9.40. The smallest absolute Gasteiger partial charge is 0.153 e. The van der Waals surface area contributed by atoms with Crippen LogP contribution in [0.15, 0.2) is 121 Å². The van der Waals surface area contributed by atoms with Crippen LogP contribution in [-0.4, -0.2) is 20.5 Å². The summed E-state index contributed by atoms with van der Waals surface area (Å²) in [7, 11) is 0. The van der Waals surface area contributed by atoms with Gasteiger partial charge in [0.05, 0.1) is 18.0 Å². The Balaban J connectivity index is 1.51. The zero-order valence-corrected chi connectivity index (χ0v) is 17.8. The van der Waals surface area contributed by atoms with Crippen molar-refractivity contribution >= 4 is 11.5 Å². The molecule has 160 valence electrons. The lowest BCUT2D eigenvalue weighted by atomic mass is 10.0. The molecule has 5 rings (SSSR count). The molecule has 0 atom stereocenters. The van der Waals surface area contributed by atoms with E-state index in [0.29, 0.717) is 12.4 Å². The van der Waals surface area contributed by atoms with Crippen molar-refractivity contribution in [3.05, 3.63) is 138 Å². The molecule has 2 aromatic heterocycles. The van der Waals surface area contributed by atoms with Crippen LogP contribution < -0.4 is 0 Å². The SMILES string of the molecule is Fc1ccc(Cn2nccc2-c2ccnc(N=C(c3ccccc3)c3ccccc3)c2)cc1. The summed E-state index contributed by atoms with van der Waals surface area (Å²) in [5.41, 5.74) is 5.79. The van der Waals surface area contributed by atoms with Gasteiger partial charge in [0.2, 0.25) is 0 Å². The number of aromatic nitrogens is 3. The lowest BCUT2D eigenvalue weighted by Crippen LogP contribution is -2.04. The van der Waals surface area contributed by atoms with Crippen LogP contribution in [-0.2, 0) is 6.54 Å². The molecule has 0 aliphatic heterocycles. The van der Waals surface area contributed by atoms with E-state index in [1.165, 1.54) is 12.1 Å². The van der Waals surface area contributed by atoms with Crippen LogP contribution >= 0.6 is 0 Å². The van der Waals surface area contributed by atoms with Gasteiger partial charge >= 0.3 is 0 Å². The van der Waals surface area contributed by atoms with Gasteiger partial charge in [-0.3, -0.25) is 4.68 Å². The summed E-state index contributed by atoms with van der Waals surface area (Å²) in [6.45, 7) is 0.544. The molecule has 0 aliphatic carbocycles. The molecule has 5 heteroatoms. The number of rotatable bonds is 6. The van der Waals surface area contributed by atoms with E-state index in [1.807, 2.05) is 83.5 Å². The highest BCUT2D eigenvalue weighted by Gasteiger charge is 2.10. The first kappa shape index (κ1) is 20.5. The Bertz CT molecular complexity index is 1330. The lowest BCUT2D eigenvalue weighted by Gasteiger charge is -2.10. The molecule has 0 N–H and O–H groups in total. The molecule has 2 heterocycles. The van der Waals surface area contributed by atoms with Gasteiger partial charge in [0, 0.05) is 29.1 Å². The van der Waals surface area contributed by atoms with Crippen molar-refractivity contribution in [1.82, 2.24) is 14.8 Å². The van der Waals surface area contributed by atoms with E-state index in [-0.39, 0.29) is 5.82 Å². The van der Waals surface area contributed by atoms with Gasteiger partial charge in [-0.1, -0.05) is 72.8 Å². The fraction of sp³-hybridized carbons (Fsp3) is 0.0357. The van der Waals surface area contributed by atoms with Crippen molar-refractivity contribution in [2.45, 2.75) is 6.54 Å². The zero-order valence-electron chi connectivity index (χ0n) is 17.8. The third-order valence-electron chi connectivity index (χ3n) is 5.32. The minimum absolute atomic E-state index is 0.247. The van der Waals surface area contributed by atoms with Crippen LogP contribution in [0.5, 0.6) is 0 Å². The van der Waals surface area contributed by atoms with Gasteiger partial charge in [-0.2, -0.15) is 5.10 Å². The summed E-state index contributed by atoms with van der Waals surface area (Å²) in [6.07, 6.45) is 3.53. The minimum atomic E-state index is -0.247. The highest BCUT2D eigenvalue weighted by molar-refractivity contribution is 6.13. The van der Waals surface area contributed by atoms with Crippen LogP contribution in [0.3, 0.4) is 0 Å². The molecule has 0 amide bonds. The quantitative estimate of drug-likeness (QED) is 0.296. The Labute approximate surface area is 191 Å². The van der Waals surface area contributed by atoms with Crippen molar-refractivity contribution in [2.75, 3.05) is 0 Å². The van der Waals surface area contributed by atoms with Crippen LogP contribution in [0.25, 0.3) is 11.3 Å². The summed E-state index contributed by atoms with van der Waals surface area (Å²) in [4.78, 5) is 9.43. The maximum atomic E-state index is 13.3. The number of hydrogen-bond donors (Lipinski definition) is 0. The molecule has 5 aromatic rings. The van der Waals surface area contributed by atoms with Crippen molar-refractivity contribution in [1.29, 1.82) is 0 Å². The average molecular weight is 433 g/mol. The van der Waals surface area contributed by atoms with Gasteiger partial charge in [0.25, 0.3) is 0 Å². The van der Waals surface area contributed by atoms with E-state index in [1.54, 1.807) is 24.5 Å². The number of nitrogens with zero attached hydrogens (tertiary/aromatic N) is 4. The molecule has 0 saturated carbocycles. The van der Waals surface area contributed by atoms with E-state index < -0.39 is 0 Å². The van der Waals surface area contributed by atoms with E-state index in [2.05, 4.69) is 10.1 Å². The van der Waals surface area contributed by atoms with Crippen LogP contribution in [0, 0.1) is 5.82 Å². The number of hydrogen-bond acceptors (Lipinski definition) is 3. The third-order valence-corrected chi connectivity index (χ3v) is 5.32. The Kier molecular flexibility index (Phi) is 5.85. The van der Waals surface area contributed by atoms with Gasteiger partial charge < -0.3 is 0 Å². The Hall–Kier alpha value is -4.38. The summed E-state index contributed by atoms with van der Waals surface area (Å²) in [5.74, 6) is 0.369. The first-order valence-electron chi connectivity index (χ1n) is 10.7. The largest absolute Gasteiger partial charge is 0.260 e. The maximum Gasteiger partial charge on any atom is 0.153 e. The highest BCUT2D eigenvalue weighted by Crippen LogP contribution is 2.24. The maximum absolute atomic E-state index is 13.3. The van der Waals surface area contributed by atoms with E-state index in [9.17, 15) is 4.39 Å². The molecular weight excluding hydrogens is 411 g/mol. The molecule has 3 aromatic carbocycles. The van der Waals surface area contributed by atoms with Crippen molar-refractivity contribution in [2.24, 2.45) is 4.99 Å². The van der Waals surface area contributed by atoms with E-state index in [0.717, 1.165) is 33.7 Å². The topological polar surface area (TPSA) is 43.1 Å². The minimum Gasteiger partial charge on any atom is -0.260 e. The van der Waals surface area contributed by atoms with Gasteiger partial charge in [-0.05, 0) is 35.9 Å². The van der Waals surface area contributed by atoms with Crippen LogP contribution in [0.2, 0.25) is 0 Å². The standard InChI is InChI=1S/C28H21FN4/c29-25-13-11-21(12-14-25)20-33-26(16-18-31-33)24-15-17-30-27(19-24)32-28(22-7-3-1-4-8-22)23-9-5-2-6-10-23/h1-19H,20H2. The normalized spacial score (nSPS) is 10.7. The summed E-state index contributed by atoms with van der Waals surface area (Å²) in [6, 6.07) is 32.5. The monoisotopic (exact) mass is 432 g/mol. The van der Waals surface area contributed by atoms with Gasteiger partial charge in [-0.25, -0.2) is 14.4 Å². The second-order valence-electron chi connectivity index (χ2n) is 7.60. The third kappa shape index (κ3) is 4.77. The summed E-state index contributed by atoms with van der Waals surface area (Å²) >= 11 is 0. The Morgan fingerprint density at radius 3 is 2.09 bits per heavy atom. The summed E-state index contributed by atoms with van der Waals surface area (Å²) in [5, 5.41) is 4.46. The molecule has 33 heavy (non-hydrogen) atoms. The molecule has 4 nitrogen and oxygen atoms in total. The predicted octanol–water partition coefficient (Wildman–Crippen LogP) is 6.30. The fourth-order valence-electron chi connectivity index (χ4n) is 3.71. The molecule has 0 bridgehead atoms. The zero-order chi connectivity index (χ0) is 22.5. The molecule has 0 fully saturated rings. The predicted molar refractivity (Wildman–Crippen MR) is 129 cm³/mol. The van der Waals surface area contributed by atoms with Gasteiger partial charge in [-0.15, -0.1) is 0 Å². The van der Waals surface area contributed by atoms with E-state index >= 15 is 0 Å². The average Bonchev–Trinajstić information content (AvgIpc) is 3.33.